The van der Waals surface area contributed by atoms with Crippen molar-refractivity contribution in [2.24, 2.45) is 13.0 Å². The second-order valence-corrected chi connectivity index (χ2v) is 3.94. The molecule has 1 rings (SSSR count). The quantitative estimate of drug-likeness (QED) is 0.705. The Bertz CT molecular complexity index is 393. The van der Waals surface area contributed by atoms with Crippen LogP contribution in [0.25, 0.3) is 0 Å². The fourth-order valence-electron chi connectivity index (χ4n) is 1.53. The Kier molecular flexibility index (Phi) is 3.39. The predicted octanol–water partition coefficient (Wildman–Crippen LogP) is 1.53. The predicted molar refractivity (Wildman–Crippen MR) is 56.7 cm³/mol. The normalized spacial score (nSPS) is 12.5. The summed E-state index contributed by atoms with van der Waals surface area (Å²) in [6, 6.07) is 0. The fraction of sp³-hybridized carbons (Fsp3) is 0.545. The molecule has 1 aromatic rings. The van der Waals surface area contributed by atoms with Crippen molar-refractivity contribution >= 4 is 11.6 Å². The van der Waals surface area contributed by atoms with E-state index in [0.29, 0.717) is 12.0 Å². The number of aryl methyl sites for hydroxylation is 1. The van der Waals surface area contributed by atoms with Crippen molar-refractivity contribution in [1.82, 2.24) is 9.78 Å². The van der Waals surface area contributed by atoms with Crippen LogP contribution in [0.15, 0.2) is 6.20 Å². The molecule has 0 spiro atoms. The first-order chi connectivity index (χ1) is 6.93. The van der Waals surface area contributed by atoms with Gasteiger partial charge in [0.2, 0.25) is 0 Å². The molecule has 1 aromatic heterocycles. The minimum absolute atomic E-state index is 0.00389. The van der Waals surface area contributed by atoms with Gasteiger partial charge in [0, 0.05) is 25.1 Å². The van der Waals surface area contributed by atoms with E-state index < -0.39 is 0 Å². The van der Waals surface area contributed by atoms with Crippen LogP contribution in [0.1, 0.15) is 36.3 Å². The number of ketones is 2. The van der Waals surface area contributed by atoms with Gasteiger partial charge in [0.05, 0.1) is 11.8 Å². The van der Waals surface area contributed by atoms with E-state index in [-0.39, 0.29) is 17.5 Å². The minimum atomic E-state index is -0.259. The number of hydrogen-bond donors (Lipinski definition) is 0. The van der Waals surface area contributed by atoms with Gasteiger partial charge >= 0.3 is 0 Å². The molecule has 82 valence electrons. The molecule has 15 heavy (non-hydrogen) atoms. The molecule has 0 saturated carbocycles. The summed E-state index contributed by atoms with van der Waals surface area (Å²) in [7, 11) is 1.79. The van der Waals surface area contributed by atoms with E-state index in [1.807, 2.05) is 6.92 Å². The molecule has 1 unspecified atom stereocenters. The molecule has 1 atom stereocenters. The lowest BCUT2D eigenvalue weighted by Gasteiger charge is -2.07. The second-order valence-electron chi connectivity index (χ2n) is 3.94. The zero-order valence-electron chi connectivity index (χ0n) is 9.57. The highest BCUT2D eigenvalue weighted by atomic mass is 16.1. The van der Waals surface area contributed by atoms with Gasteiger partial charge in [0.25, 0.3) is 0 Å². The second kappa shape index (κ2) is 4.38. The van der Waals surface area contributed by atoms with E-state index >= 15 is 0 Å². The number of rotatable bonds is 4. The van der Waals surface area contributed by atoms with E-state index in [0.717, 1.165) is 5.69 Å². The summed E-state index contributed by atoms with van der Waals surface area (Å²) in [5.41, 5.74) is 1.46. The molecule has 0 radical (unpaired) electrons. The summed E-state index contributed by atoms with van der Waals surface area (Å²) >= 11 is 0. The summed E-state index contributed by atoms with van der Waals surface area (Å²) in [5, 5.41) is 4.01. The van der Waals surface area contributed by atoms with E-state index in [2.05, 4.69) is 5.10 Å². The third kappa shape index (κ3) is 2.52. The zero-order chi connectivity index (χ0) is 11.6. The van der Waals surface area contributed by atoms with Crippen molar-refractivity contribution in [2.45, 2.75) is 27.2 Å². The van der Waals surface area contributed by atoms with Crippen LogP contribution in [0.5, 0.6) is 0 Å². The lowest BCUT2D eigenvalue weighted by Crippen LogP contribution is -2.15. The van der Waals surface area contributed by atoms with E-state index in [1.165, 1.54) is 6.92 Å². The summed E-state index contributed by atoms with van der Waals surface area (Å²) in [4.78, 5) is 22.8. The van der Waals surface area contributed by atoms with Crippen LogP contribution in [0, 0.1) is 12.8 Å². The molecule has 0 bridgehead atoms. The van der Waals surface area contributed by atoms with E-state index in [1.54, 1.807) is 24.9 Å². The third-order valence-electron chi connectivity index (χ3n) is 2.54. The third-order valence-corrected chi connectivity index (χ3v) is 2.54. The zero-order valence-corrected chi connectivity index (χ0v) is 9.57. The Morgan fingerprint density at radius 3 is 2.53 bits per heavy atom. The molecule has 0 amide bonds. The van der Waals surface area contributed by atoms with Gasteiger partial charge in [-0.15, -0.1) is 0 Å². The van der Waals surface area contributed by atoms with Crippen LogP contribution in [0.3, 0.4) is 0 Å². The first-order valence-corrected chi connectivity index (χ1v) is 4.95. The SMILES string of the molecule is CC(=O)CC(C)C(=O)c1cnn(C)c1C. The van der Waals surface area contributed by atoms with Crippen LogP contribution >= 0.6 is 0 Å². The van der Waals surface area contributed by atoms with Crippen LogP contribution in [0.2, 0.25) is 0 Å². The van der Waals surface area contributed by atoms with Crippen molar-refractivity contribution in [3.8, 4) is 0 Å². The topological polar surface area (TPSA) is 52.0 Å². The van der Waals surface area contributed by atoms with Crippen molar-refractivity contribution < 1.29 is 9.59 Å². The Morgan fingerprint density at radius 2 is 2.13 bits per heavy atom. The Hall–Kier alpha value is -1.45. The molecule has 0 fully saturated rings. The molecule has 0 aliphatic heterocycles. The van der Waals surface area contributed by atoms with Crippen molar-refractivity contribution in [2.75, 3.05) is 0 Å². The lowest BCUT2D eigenvalue weighted by atomic mass is 9.95. The van der Waals surface area contributed by atoms with Gasteiger partial charge in [-0.2, -0.15) is 5.10 Å². The summed E-state index contributed by atoms with van der Waals surface area (Å²) < 4.78 is 1.66. The van der Waals surface area contributed by atoms with Crippen LogP contribution in [-0.2, 0) is 11.8 Å². The molecule has 0 aliphatic carbocycles. The Balaban J connectivity index is 2.85. The van der Waals surface area contributed by atoms with Crippen molar-refractivity contribution in [3.63, 3.8) is 0 Å². The first kappa shape index (κ1) is 11.6. The van der Waals surface area contributed by atoms with Gasteiger partial charge in [-0.05, 0) is 13.8 Å². The van der Waals surface area contributed by atoms with Crippen LogP contribution in [-0.4, -0.2) is 21.3 Å². The van der Waals surface area contributed by atoms with Crippen LogP contribution < -0.4 is 0 Å². The Labute approximate surface area is 89.3 Å². The summed E-state index contributed by atoms with van der Waals surface area (Å²) in [6.45, 7) is 5.12. The highest BCUT2D eigenvalue weighted by Gasteiger charge is 2.20. The number of Topliss-reactive ketones (excluding diaryl/α,β-unsaturated/α-hetero) is 2. The maximum Gasteiger partial charge on any atom is 0.169 e. The molecule has 0 N–H and O–H groups in total. The van der Waals surface area contributed by atoms with E-state index in [9.17, 15) is 9.59 Å². The van der Waals surface area contributed by atoms with Crippen LogP contribution in [0.4, 0.5) is 0 Å². The average Bonchev–Trinajstić information content (AvgIpc) is 2.45. The molecule has 0 aromatic carbocycles. The maximum absolute atomic E-state index is 11.9. The average molecular weight is 208 g/mol. The van der Waals surface area contributed by atoms with E-state index in [4.69, 9.17) is 0 Å². The van der Waals surface area contributed by atoms with Gasteiger partial charge in [-0.25, -0.2) is 0 Å². The molecular formula is C11H16N2O2. The van der Waals surface area contributed by atoms with Gasteiger partial charge in [0.1, 0.15) is 5.78 Å². The number of aromatic nitrogens is 2. The van der Waals surface area contributed by atoms with Crippen molar-refractivity contribution in [1.29, 1.82) is 0 Å². The monoisotopic (exact) mass is 208 g/mol. The smallest absolute Gasteiger partial charge is 0.169 e. The molecular weight excluding hydrogens is 192 g/mol. The molecule has 1 heterocycles. The molecule has 4 heteroatoms. The van der Waals surface area contributed by atoms with Crippen molar-refractivity contribution in [3.05, 3.63) is 17.5 Å². The van der Waals surface area contributed by atoms with Gasteiger partial charge in [-0.1, -0.05) is 6.92 Å². The largest absolute Gasteiger partial charge is 0.300 e. The molecule has 4 nitrogen and oxygen atoms in total. The first-order valence-electron chi connectivity index (χ1n) is 4.95. The Morgan fingerprint density at radius 1 is 1.53 bits per heavy atom. The van der Waals surface area contributed by atoms with Gasteiger partial charge < -0.3 is 4.79 Å². The number of carbonyl (C=O) groups is 2. The van der Waals surface area contributed by atoms with Gasteiger partial charge in [0.15, 0.2) is 5.78 Å². The highest BCUT2D eigenvalue weighted by molar-refractivity contribution is 6.00. The summed E-state index contributed by atoms with van der Waals surface area (Å²) in [5.74, 6) is -0.224. The maximum atomic E-state index is 11.9. The molecule has 0 saturated heterocycles. The standard InChI is InChI=1S/C11H16N2O2/c1-7(5-8(2)14)11(15)10-6-12-13(4)9(10)3/h6-7H,5H2,1-4H3. The number of carbonyl (C=O) groups excluding carboxylic acids is 2. The number of hydrogen-bond acceptors (Lipinski definition) is 3. The number of nitrogens with zero attached hydrogens (tertiary/aromatic N) is 2. The van der Waals surface area contributed by atoms with Gasteiger partial charge in [-0.3, -0.25) is 9.48 Å². The minimum Gasteiger partial charge on any atom is -0.300 e. The lowest BCUT2D eigenvalue weighted by molar-refractivity contribution is -0.117. The molecule has 0 aliphatic rings. The highest BCUT2D eigenvalue weighted by Crippen LogP contribution is 2.15. The summed E-state index contributed by atoms with van der Waals surface area (Å²) in [6.07, 6.45) is 1.86. The fourth-order valence-corrected chi connectivity index (χ4v) is 1.53.